The van der Waals surface area contributed by atoms with Crippen LogP contribution in [0.25, 0.3) is 0 Å². The Labute approximate surface area is 115 Å². The third-order valence-electron chi connectivity index (χ3n) is 5.60. The predicted octanol–water partition coefficient (Wildman–Crippen LogP) is 1.03. The van der Waals surface area contributed by atoms with Crippen LogP contribution < -0.4 is 11.1 Å². The molecule has 0 aliphatic heterocycles. The molecule has 0 heterocycles. The second-order valence-electron chi connectivity index (χ2n) is 6.87. The van der Waals surface area contributed by atoms with Gasteiger partial charge >= 0.3 is 0 Å². The number of carbonyl (C=O) groups is 1. The minimum atomic E-state index is -0.166. The molecule has 0 aromatic heterocycles. The maximum atomic E-state index is 12.3. The van der Waals surface area contributed by atoms with Gasteiger partial charge in [-0.1, -0.05) is 6.42 Å². The summed E-state index contributed by atoms with van der Waals surface area (Å²) in [6.45, 7) is 0.719. The Morgan fingerprint density at radius 3 is 2.63 bits per heavy atom. The maximum absolute atomic E-state index is 12.3. The summed E-state index contributed by atoms with van der Waals surface area (Å²) < 4.78 is 0. The Bertz CT molecular complexity index is 345. The number of carbonyl (C=O) groups excluding carboxylic acids is 1. The van der Waals surface area contributed by atoms with Crippen LogP contribution >= 0.6 is 0 Å². The van der Waals surface area contributed by atoms with Crippen LogP contribution in [-0.4, -0.2) is 29.7 Å². The minimum Gasteiger partial charge on any atom is -0.393 e. The van der Waals surface area contributed by atoms with E-state index in [1.807, 2.05) is 0 Å². The molecule has 4 N–H and O–H groups in total. The average molecular weight is 266 g/mol. The van der Waals surface area contributed by atoms with Crippen LogP contribution in [0.5, 0.6) is 0 Å². The molecule has 0 radical (unpaired) electrons. The molecule has 4 heteroatoms. The van der Waals surface area contributed by atoms with Crippen molar-refractivity contribution >= 4 is 5.91 Å². The first-order chi connectivity index (χ1) is 9.15. The van der Waals surface area contributed by atoms with Crippen LogP contribution in [0.1, 0.15) is 44.9 Å². The molecule has 3 aliphatic rings. The second kappa shape index (κ2) is 5.41. The summed E-state index contributed by atoms with van der Waals surface area (Å²) >= 11 is 0. The van der Waals surface area contributed by atoms with Gasteiger partial charge in [0.15, 0.2) is 0 Å². The van der Waals surface area contributed by atoms with Crippen molar-refractivity contribution in [3.63, 3.8) is 0 Å². The normalized spacial score (nSPS) is 45.4. The van der Waals surface area contributed by atoms with Crippen molar-refractivity contribution in [3.8, 4) is 0 Å². The van der Waals surface area contributed by atoms with Gasteiger partial charge in [-0.15, -0.1) is 0 Å². The molecule has 2 bridgehead atoms. The number of amides is 1. The molecule has 3 saturated carbocycles. The number of aliphatic hydroxyl groups excluding tert-OH is 1. The van der Waals surface area contributed by atoms with Crippen molar-refractivity contribution in [3.05, 3.63) is 0 Å². The SMILES string of the molecule is NC1C2CCC(C2)C1C(=O)NCC1CCCC(O)C1. The summed E-state index contributed by atoms with van der Waals surface area (Å²) in [5.41, 5.74) is 6.20. The van der Waals surface area contributed by atoms with Crippen LogP contribution in [-0.2, 0) is 4.79 Å². The zero-order valence-electron chi connectivity index (χ0n) is 11.6. The van der Waals surface area contributed by atoms with Crippen LogP contribution in [0.2, 0.25) is 0 Å². The topological polar surface area (TPSA) is 75.4 Å². The van der Waals surface area contributed by atoms with E-state index < -0.39 is 0 Å². The van der Waals surface area contributed by atoms with Gasteiger partial charge in [-0.3, -0.25) is 4.79 Å². The lowest BCUT2D eigenvalue weighted by Crippen LogP contribution is -2.46. The molecule has 0 aromatic carbocycles. The van der Waals surface area contributed by atoms with Gasteiger partial charge in [0.25, 0.3) is 0 Å². The van der Waals surface area contributed by atoms with Gasteiger partial charge in [0.1, 0.15) is 0 Å². The average Bonchev–Trinajstić information content (AvgIpc) is 2.97. The van der Waals surface area contributed by atoms with Gasteiger partial charge in [0.05, 0.1) is 12.0 Å². The van der Waals surface area contributed by atoms with Crippen LogP contribution in [0, 0.1) is 23.7 Å². The number of nitrogens with one attached hydrogen (secondary N) is 1. The monoisotopic (exact) mass is 266 g/mol. The van der Waals surface area contributed by atoms with Gasteiger partial charge in [-0.05, 0) is 56.3 Å². The number of hydrogen-bond acceptors (Lipinski definition) is 3. The van der Waals surface area contributed by atoms with Gasteiger partial charge in [-0.2, -0.15) is 0 Å². The van der Waals surface area contributed by atoms with Gasteiger partial charge < -0.3 is 16.2 Å². The molecule has 4 nitrogen and oxygen atoms in total. The van der Waals surface area contributed by atoms with E-state index in [0.717, 1.165) is 38.6 Å². The maximum Gasteiger partial charge on any atom is 0.224 e. The van der Waals surface area contributed by atoms with Crippen molar-refractivity contribution in [2.45, 2.75) is 57.1 Å². The molecule has 6 unspecified atom stereocenters. The van der Waals surface area contributed by atoms with E-state index >= 15 is 0 Å². The standard InChI is InChI=1S/C15H26N2O2/c16-14-11-5-4-10(7-11)13(14)15(19)17-8-9-2-1-3-12(18)6-9/h9-14,18H,1-8,16H2,(H,17,19). The Morgan fingerprint density at radius 2 is 1.95 bits per heavy atom. The number of hydrogen-bond donors (Lipinski definition) is 3. The van der Waals surface area contributed by atoms with Crippen molar-refractivity contribution < 1.29 is 9.90 Å². The fourth-order valence-corrected chi connectivity index (χ4v) is 4.54. The van der Waals surface area contributed by atoms with E-state index in [4.69, 9.17) is 5.73 Å². The first-order valence-electron chi connectivity index (χ1n) is 7.86. The fourth-order valence-electron chi connectivity index (χ4n) is 4.54. The van der Waals surface area contributed by atoms with Gasteiger partial charge in [-0.25, -0.2) is 0 Å². The zero-order valence-corrected chi connectivity index (χ0v) is 11.6. The third kappa shape index (κ3) is 2.65. The number of rotatable bonds is 3. The van der Waals surface area contributed by atoms with E-state index in [1.165, 1.54) is 12.8 Å². The lowest BCUT2D eigenvalue weighted by Gasteiger charge is -2.29. The lowest BCUT2D eigenvalue weighted by atomic mass is 9.83. The molecule has 6 atom stereocenters. The summed E-state index contributed by atoms with van der Waals surface area (Å²) in [6, 6.07) is 0.0793. The van der Waals surface area contributed by atoms with Crippen LogP contribution in [0.4, 0.5) is 0 Å². The van der Waals surface area contributed by atoms with E-state index in [2.05, 4.69) is 5.32 Å². The first kappa shape index (κ1) is 13.4. The third-order valence-corrected chi connectivity index (χ3v) is 5.60. The van der Waals surface area contributed by atoms with Crippen LogP contribution in [0.15, 0.2) is 0 Å². The minimum absolute atomic E-state index is 0.0484. The van der Waals surface area contributed by atoms with E-state index in [9.17, 15) is 9.90 Å². The van der Waals surface area contributed by atoms with E-state index in [0.29, 0.717) is 17.8 Å². The molecule has 1 amide bonds. The van der Waals surface area contributed by atoms with Gasteiger partial charge in [0, 0.05) is 12.6 Å². The van der Waals surface area contributed by atoms with Crippen molar-refractivity contribution in [2.24, 2.45) is 29.4 Å². The first-order valence-corrected chi connectivity index (χ1v) is 7.86. The Balaban J connectivity index is 1.49. The van der Waals surface area contributed by atoms with E-state index in [-0.39, 0.29) is 24.0 Å². The highest BCUT2D eigenvalue weighted by Crippen LogP contribution is 2.47. The highest BCUT2D eigenvalue weighted by molar-refractivity contribution is 5.80. The molecule has 3 aliphatic carbocycles. The molecule has 108 valence electrons. The molecular weight excluding hydrogens is 240 g/mol. The molecule has 3 rings (SSSR count). The highest BCUT2D eigenvalue weighted by Gasteiger charge is 2.49. The van der Waals surface area contributed by atoms with Crippen molar-refractivity contribution in [1.29, 1.82) is 0 Å². The Morgan fingerprint density at radius 1 is 1.16 bits per heavy atom. The van der Waals surface area contributed by atoms with Crippen molar-refractivity contribution in [2.75, 3.05) is 6.54 Å². The summed E-state index contributed by atoms with van der Waals surface area (Å²) in [7, 11) is 0. The zero-order chi connectivity index (χ0) is 13.4. The summed E-state index contributed by atoms with van der Waals surface area (Å²) in [4.78, 5) is 12.3. The highest BCUT2D eigenvalue weighted by atomic mass is 16.3. The molecule has 3 fully saturated rings. The van der Waals surface area contributed by atoms with Crippen LogP contribution in [0.3, 0.4) is 0 Å². The molecule has 0 aromatic rings. The Hall–Kier alpha value is -0.610. The molecule has 0 saturated heterocycles. The number of fused-ring (bicyclic) bond motifs is 2. The second-order valence-corrected chi connectivity index (χ2v) is 6.87. The lowest BCUT2D eigenvalue weighted by molar-refractivity contribution is -0.127. The quantitative estimate of drug-likeness (QED) is 0.714. The van der Waals surface area contributed by atoms with Crippen molar-refractivity contribution in [1.82, 2.24) is 5.32 Å². The fraction of sp³-hybridized carbons (Fsp3) is 0.933. The number of aliphatic hydroxyl groups is 1. The van der Waals surface area contributed by atoms with Gasteiger partial charge in [0.2, 0.25) is 5.91 Å². The summed E-state index contributed by atoms with van der Waals surface area (Å²) in [5, 5.41) is 12.8. The molecule has 19 heavy (non-hydrogen) atoms. The largest absolute Gasteiger partial charge is 0.393 e. The molecular formula is C15H26N2O2. The Kier molecular flexibility index (Phi) is 3.81. The number of nitrogens with two attached hydrogens (primary N) is 1. The molecule has 0 spiro atoms. The predicted molar refractivity (Wildman–Crippen MR) is 73.3 cm³/mol. The smallest absolute Gasteiger partial charge is 0.224 e. The summed E-state index contributed by atoms with van der Waals surface area (Å²) in [5.74, 6) is 1.77. The summed E-state index contributed by atoms with van der Waals surface area (Å²) in [6.07, 6.45) is 7.34. The van der Waals surface area contributed by atoms with E-state index in [1.54, 1.807) is 0 Å².